The van der Waals surface area contributed by atoms with Crippen molar-refractivity contribution in [2.24, 2.45) is 5.92 Å². The van der Waals surface area contributed by atoms with Gasteiger partial charge in [-0.3, -0.25) is 0 Å². The van der Waals surface area contributed by atoms with Crippen LogP contribution in [0.1, 0.15) is 40.5 Å². The maximum absolute atomic E-state index is 11.6. The van der Waals surface area contributed by atoms with Gasteiger partial charge in [0, 0.05) is 13.2 Å². The molecule has 0 spiro atoms. The molecule has 2 N–H and O–H groups in total. The van der Waals surface area contributed by atoms with Crippen LogP contribution in [0.2, 0.25) is 0 Å². The van der Waals surface area contributed by atoms with Crippen molar-refractivity contribution in [2.45, 2.75) is 58.3 Å². The summed E-state index contributed by atoms with van der Waals surface area (Å²) in [7, 11) is 0. The number of amides is 1. The van der Waals surface area contributed by atoms with Gasteiger partial charge in [0.25, 0.3) is 0 Å². The van der Waals surface area contributed by atoms with Crippen LogP contribution in [0.25, 0.3) is 0 Å². The molecule has 2 atom stereocenters. The molecule has 0 radical (unpaired) electrons. The fourth-order valence-electron chi connectivity index (χ4n) is 2.04. The quantitative estimate of drug-likeness (QED) is 0.809. The summed E-state index contributed by atoms with van der Waals surface area (Å²) >= 11 is 0. The molecule has 0 aromatic heterocycles. The van der Waals surface area contributed by atoms with E-state index in [1.807, 2.05) is 20.8 Å². The van der Waals surface area contributed by atoms with Crippen molar-refractivity contribution in [1.82, 2.24) is 5.32 Å². The molecule has 0 bridgehead atoms. The van der Waals surface area contributed by atoms with Gasteiger partial charge in [-0.1, -0.05) is 0 Å². The van der Waals surface area contributed by atoms with Gasteiger partial charge in [-0.2, -0.15) is 0 Å². The topological polar surface area (TPSA) is 67.8 Å². The minimum atomic E-state index is -0.554. The lowest BCUT2D eigenvalue weighted by Gasteiger charge is -2.31. The first-order valence-electron chi connectivity index (χ1n) is 6.55. The molecule has 5 heteroatoms. The highest BCUT2D eigenvalue weighted by atomic mass is 16.6. The average molecular weight is 259 g/mol. The summed E-state index contributed by atoms with van der Waals surface area (Å²) in [5.74, 6) is 0.184. The Bertz CT molecular complexity index is 269. The molecule has 1 aliphatic rings. The Morgan fingerprint density at radius 3 is 2.44 bits per heavy atom. The first-order valence-corrected chi connectivity index (χ1v) is 6.55. The van der Waals surface area contributed by atoms with E-state index in [1.165, 1.54) is 0 Å². The number of aliphatic hydroxyl groups excluding tert-OH is 1. The van der Waals surface area contributed by atoms with E-state index in [0.29, 0.717) is 13.2 Å². The Balaban J connectivity index is 2.38. The van der Waals surface area contributed by atoms with Crippen LogP contribution in [0.5, 0.6) is 0 Å². The predicted octanol–water partition coefficient (Wildman–Crippen LogP) is 1.69. The van der Waals surface area contributed by atoms with Gasteiger partial charge in [0.05, 0.1) is 12.1 Å². The van der Waals surface area contributed by atoms with E-state index in [9.17, 15) is 9.90 Å². The van der Waals surface area contributed by atoms with E-state index >= 15 is 0 Å². The molecule has 1 fully saturated rings. The Morgan fingerprint density at radius 2 is 1.94 bits per heavy atom. The summed E-state index contributed by atoms with van der Waals surface area (Å²) in [6.07, 6.45) is 0.630. The summed E-state index contributed by atoms with van der Waals surface area (Å²) in [6.45, 7) is 8.59. The number of hydrogen-bond donors (Lipinski definition) is 2. The lowest BCUT2D eigenvalue weighted by molar-refractivity contribution is -0.00828. The van der Waals surface area contributed by atoms with Gasteiger partial charge in [0.2, 0.25) is 0 Å². The number of ether oxygens (including phenoxy) is 2. The van der Waals surface area contributed by atoms with Gasteiger partial charge in [-0.05, 0) is 46.5 Å². The second-order valence-corrected chi connectivity index (χ2v) is 5.88. The number of carbonyl (C=O) groups excluding carboxylic acids is 1. The molecule has 2 unspecified atom stereocenters. The summed E-state index contributed by atoms with van der Waals surface area (Å²) in [5, 5.41) is 12.8. The van der Waals surface area contributed by atoms with Crippen LogP contribution in [0, 0.1) is 5.92 Å². The van der Waals surface area contributed by atoms with Crippen molar-refractivity contribution in [1.29, 1.82) is 0 Å². The van der Waals surface area contributed by atoms with Gasteiger partial charge in [0.1, 0.15) is 5.60 Å². The number of rotatable bonds is 3. The van der Waals surface area contributed by atoms with Gasteiger partial charge >= 0.3 is 6.09 Å². The Hall–Kier alpha value is -0.810. The maximum atomic E-state index is 11.6. The molecular weight excluding hydrogens is 234 g/mol. The van der Waals surface area contributed by atoms with Gasteiger partial charge in [-0.25, -0.2) is 4.79 Å². The summed E-state index contributed by atoms with van der Waals surface area (Å²) in [6, 6.07) is -0.317. The molecule has 1 saturated heterocycles. The van der Waals surface area contributed by atoms with Gasteiger partial charge in [0.15, 0.2) is 0 Å². The van der Waals surface area contributed by atoms with Crippen molar-refractivity contribution < 1.29 is 19.4 Å². The molecule has 0 aliphatic carbocycles. The molecule has 1 amide bonds. The van der Waals surface area contributed by atoms with E-state index in [2.05, 4.69) is 5.32 Å². The summed E-state index contributed by atoms with van der Waals surface area (Å²) in [4.78, 5) is 11.6. The van der Waals surface area contributed by atoms with Crippen LogP contribution in [-0.2, 0) is 9.47 Å². The zero-order valence-electron chi connectivity index (χ0n) is 11.7. The van der Waals surface area contributed by atoms with Crippen LogP contribution in [-0.4, -0.2) is 42.2 Å². The molecule has 18 heavy (non-hydrogen) atoms. The van der Waals surface area contributed by atoms with Crippen molar-refractivity contribution >= 4 is 6.09 Å². The second-order valence-electron chi connectivity index (χ2n) is 5.88. The van der Waals surface area contributed by atoms with Crippen molar-refractivity contribution in [3.05, 3.63) is 0 Å². The fraction of sp³-hybridized carbons (Fsp3) is 0.923. The predicted molar refractivity (Wildman–Crippen MR) is 68.4 cm³/mol. The molecule has 1 aliphatic heterocycles. The molecule has 106 valence electrons. The SMILES string of the molecule is CC(NC(=O)OC(C)(C)C)C(O)C1CCOCC1. The van der Waals surface area contributed by atoms with E-state index in [0.717, 1.165) is 12.8 Å². The number of hydrogen-bond acceptors (Lipinski definition) is 4. The number of carbonyl (C=O) groups is 1. The van der Waals surface area contributed by atoms with Gasteiger partial charge in [-0.15, -0.1) is 0 Å². The zero-order chi connectivity index (χ0) is 13.8. The average Bonchev–Trinajstić information content (AvgIpc) is 2.26. The monoisotopic (exact) mass is 259 g/mol. The standard InChI is InChI=1S/C13H25NO4/c1-9(14-12(16)18-13(2,3)4)11(15)10-5-7-17-8-6-10/h9-11,15H,5-8H2,1-4H3,(H,14,16). The van der Waals surface area contributed by atoms with Crippen molar-refractivity contribution in [3.8, 4) is 0 Å². The highest BCUT2D eigenvalue weighted by Gasteiger charge is 2.28. The molecule has 0 aromatic carbocycles. The molecule has 0 aromatic rings. The van der Waals surface area contributed by atoms with Crippen LogP contribution < -0.4 is 5.32 Å². The van der Waals surface area contributed by atoms with E-state index < -0.39 is 17.8 Å². The Kier molecular flexibility index (Phi) is 5.41. The normalized spacial score (nSPS) is 21.2. The molecule has 1 heterocycles. The van der Waals surface area contributed by atoms with Gasteiger partial charge < -0.3 is 19.9 Å². The maximum Gasteiger partial charge on any atom is 0.407 e. The third-order valence-electron chi connectivity index (χ3n) is 3.01. The van der Waals surface area contributed by atoms with E-state index in [4.69, 9.17) is 9.47 Å². The van der Waals surface area contributed by atoms with E-state index in [-0.39, 0.29) is 12.0 Å². The first-order chi connectivity index (χ1) is 8.29. The highest BCUT2D eigenvalue weighted by molar-refractivity contribution is 5.68. The molecular formula is C13H25NO4. The minimum absolute atomic E-state index is 0.184. The van der Waals surface area contributed by atoms with Crippen LogP contribution >= 0.6 is 0 Å². The van der Waals surface area contributed by atoms with Crippen LogP contribution in [0.15, 0.2) is 0 Å². The minimum Gasteiger partial charge on any atom is -0.444 e. The lowest BCUT2D eigenvalue weighted by Crippen LogP contribution is -2.47. The summed E-state index contributed by atoms with van der Waals surface area (Å²) in [5.41, 5.74) is -0.520. The lowest BCUT2D eigenvalue weighted by atomic mass is 9.90. The number of aliphatic hydroxyl groups is 1. The number of nitrogens with one attached hydrogen (secondary N) is 1. The third kappa shape index (κ3) is 5.23. The molecule has 5 nitrogen and oxygen atoms in total. The van der Waals surface area contributed by atoms with Crippen LogP contribution in [0.3, 0.4) is 0 Å². The highest BCUT2D eigenvalue weighted by Crippen LogP contribution is 2.21. The number of alkyl carbamates (subject to hydrolysis) is 1. The first kappa shape index (κ1) is 15.2. The van der Waals surface area contributed by atoms with Crippen LogP contribution in [0.4, 0.5) is 4.79 Å². The largest absolute Gasteiger partial charge is 0.444 e. The Labute approximate surface area is 109 Å². The van der Waals surface area contributed by atoms with Crippen molar-refractivity contribution in [2.75, 3.05) is 13.2 Å². The smallest absolute Gasteiger partial charge is 0.407 e. The van der Waals surface area contributed by atoms with Crippen molar-refractivity contribution in [3.63, 3.8) is 0 Å². The second kappa shape index (κ2) is 6.38. The molecule has 0 saturated carbocycles. The summed E-state index contributed by atoms with van der Waals surface area (Å²) < 4.78 is 10.4. The van der Waals surface area contributed by atoms with E-state index in [1.54, 1.807) is 6.92 Å². The fourth-order valence-corrected chi connectivity index (χ4v) is 2.04. The zero-order valence-corrected chi connectivity index (χ0v) is 11.7. The Morgan fingerprint density at radius 1 is 1.39 bits per heavy atom. The molecule has 1 rings (SSSR count). The third-order valence-corrected chi connectivity index (χ3v) is 3.01.